The Morgan fingerprint density at radius 3 is 2.67 bits per heavy atom. The minimum atomic E-state index is -3.19. The lowest BCUT2D eigenvalue weighted by Gasteiger charge is -2.26. The number of hydrogen-bond donors (Lipinski definition) is 0. The first-order valence-corrected chi connectivity index (χ1v) is 9.05. The maximum absolute atomic E-state index is 11.8. The number of rotatable bonds is 3. The quantitative estimate of drug-likeness (QED) is 0.732. The van der Waals surface area contributed by atoms with Crippen LogP contribution in [0.3, 0.4) is 0 Å². The van der Waals surface area contributed by atoms with Crippen molar-refractivity contribution in [2.45, 2.75) is 26.1 Å². The second-order valence-electron chi connectivity index (χ2n) is 5.54. The van der Waals surface area contributed by atoms with E-state index in [9.17, 15) is 8.42 Å². The zero-order valence-electron chi connectivity index (χ0n) is 12.2. The molecule has 0 unspecified atom stereocenters. The fourth-order valence-corrected chi connectivity index (χ4v) is 3.56. The van der Waals surface area contributed by atoms with Gasteiger partial charge in [0.1, 0.15) is 5.69 Å². The lowest BCUT2D eigenvalue weighted by molar-refractivity contribution is 0.0335. The van der Waals surface area contributed by atoms with Crippen molar-refractivity contribution < 1.29 is 13.2 Å². The van der Waals surface area contributed by atoms with Crippen molar-refractivity contribution in [1.82, 2.24) is 24.2 Å². The smallest absolute Gasteiger partial charge is 0.211 e. The summed E-state index contributed by atoms with van der Waals surface area (Å²) in [6.45, 7) is 5.56. The van der Waals surface area contributed by atoms with Crippen LogP contribution in [0.15, 0.2) is 0 Å². The van der Waals surface area contributed by atoms with E-state index in [1.54, 1.807) is 0 Å². The van der Waals surface area contributed by atoms with Gasteiger partial charge in [-0.15, -0.1) is 5.10 Å². The number of aromatic nitrogens is 3. The summed E-state index contributed by atoms with van der Waals surface area (Å²) in [6.07, 6.45) is 2.02. The molecular weight excluding hydrogens is 294 g/mol. The summed E-state index contributed by atoms with van der Waals surface area (Å²) in [5.74, 6) is 0. The third-order valence-corrected chi connectivity index (χ3v) is 5.22. The fourth-order valence-electron chi connectivity index (χ4n) is 2.74. The average Bonchev–Trinajstić information content (AvgIpc) is 2.69. The van der Waals surface area contributed by atoms with E-state index in [0.29, 0.717) is 19.6 Å². The standard InChI is InChI=1S/C12H21N5O3S/c1-21(18,19)16-3-2-4-17-12(10-16)11(13-14-17)9-15-5-7-20-8-6-15/h2-10H2,1H3. The first-order valence-electron chi connectivity index (χ1n) is 7.20. The van der Waals surface area contributed by atoms with Crippen molar-refractivity contribution >= 4 is 10.0 Å². The monoisotopic (exact) mass is 315 g/mol. The van der Waals surface area contributed by atoms with Gasteiger partial charge in [-0.3, -0.25) is 4.90 Å². The van der Waals surface area contributed by atoms with Crippen LogP contribution in [0, 0.1) is 0 Å². The number of ether oxygens (including phenoxy) is 1. The predicted octanol–water partition coefficient (Wildman–Crippen LogP) is -0.724. The number of hydrogen-bond acceptors (Lipinski definition) is 6. The Bertz CT molecular complexity index is 594. The van der Waals surface area contributed by atoms with Crippen LogP contribution in [0.4, 0.5) is 0 Å². The van der Waals surface area contributed by atoms with E-state index in [4.69, 9.17) is 4.74 Å². The lowest BCUT2D eigenvalue weighted by Crippen LogP contribution is -2.36. The molecule has 1 aromatic rings. The average molecular weight is 315 g/mol. The minimum absolute atomic E-state index is 0.367. The molecule has 1 fully saturated rings. The minimum Gasteiger partial charge on any atom is -0.379 e. The molecule has 8 nitrogen and oxygen atoms in total. The molecule has 0 spiro atoms. The van der Waals surface area contributed by atoms with Gasteiger partial charge in [0, 0.05) is 32.7 Å². The molecule has 1 saturated heterocycles. The second kappa shape index (κ2) is 5.99. The molecule has 0 aromatic carbocycles. The molecule has 3 heterocycles. The van der Waals surface area contributed by atoms with Gasteiger partial charge < -0.3 is 4.74 Å². The number of fused-ring (bicyclic) bond motifs is 1. The summed E-state index contributed by atoms with van der Waals surface area (Å²) in [5.41, 5.74) is 1.80. The molecule has 21 heavy (non-hydrogen) atoms. The Morgan fingerprint density at radius 2 is 1.95 bits per heavy atom. The number of sulfonamides is 1. The van der Waals surface area contributed by atoms with Crippen LogP contribution < -0.4 is 0 Å². The van der Waals surface area contributed by atoms with Crippen LogP contribution in [0.5, 0.6) is 0 Å². The zero-order chi connectivity index (χ0) is 14.9. The Kier molecular flexibility index (Phi) is 4.25. The Hall–Kier alpha value is -1.03. The van der Waals surface area contributed by atoms with Crippen LogP contribution >= 0.6 is 0 Å². The van der Waals surface area contributed by atoms with Crippen molar-refractivity contribution in [2.24, 2.45) is 0 Å². The van der Waals surface area contributed by atoms with Gasteiger partial charge in [0.05, 0.1) is 31.7 Å². The van der Waals surface area contributed by atoms with Crippen LogP contribution in [0.25, 0.3) is 0 Å². The van der Waals surface area contributed by atoms with Crippen LogP contribution in [0.1, 0.15) is 17.8 Å². The molecule has 118 valence electrons. The highest BCUT2D eigenvalue weighted by Gasteiger charge is 2.26. The molecule has 0 saturated carbocycles. The molecule has 0 bridgehead atoms. The predicted molar refractivity (Wildman–Crippen MR) is 76.0 cm³/mol. The molecule has 0 atom stereocenters. The normalized spacial score (nSPS) is 22.0. The highest BCUT2D eigenvalue weighted by molar-refractivity contribution is 7.88. The highest BCUT2D eigenvalue weighted by Crippen LogP contribution is 2.18. The topological polar surface area (TPSA) is 80.6 Å². The van der Waals surface area contributed by atoms with E-state index in [1.165, 1.54) is 10.6 Å². The first-order chi connectivity index (χ1) is 10.0. The molecule has 0 aliphatic carbocycles. The first kappa shape index (κ1) is 14.9. The lowest BCUT2D eigenvalue weighted by atomic mass is 10.2. The molecule has 2 aliphatic rings. The zero-order valence-corrected chi connectivity index (χ0v) is 13.0. The maximum atomic E-state index is 11.8. The SMILES string of the molecule is CS(=O)(=O)N1CCCn2nnc(CN3CCOCC3)c2C1. The van der Waals surface area contributed by atoms with E-state index in [-0.39, 0.29) is 0 Å². The summed E-state index contributed by atoms with van der Waals surface area (Å²) in [4.78, 5) is 2.27. The molecule has 0 N–H and O–H groups in total. The van der Waals surface area contributed by atoms with Crippen molar-refractivity contribution in [3.8, 4) is 0 Å². The molecule has 1 aromatic heterocycles. The van der Waals surface area contributed by atoms with Crippen molar-refractivity contribution in [1.29, 1.82) is 0 Å². The summed E-state index contributed by atoms with van der Waals surface area (Å²) in [6, 6.07) is 0. The van der Waals surface area contributed by atoms with E-state index in [0.717, 1.165) is 50.7 Å². The molecule has 0 amide bonds. The van der Waals surface area contributed by atoms with Crippen molar-refractivity contribution in [3.63, 3.8) is 0 Å². The highest BCUT2D eigenvalue weighted by atomic mass is 32.2. The van der Waals surface area contributed by atoms with Crippen LogP contribution in [-0.4, -0.2) is 71.7 Å². The molecule has 9 heteroatoms. The van der Waals surface area contributed by atoms with Gasteiger partial charge in [0.25, 0.3) is 0 Å². The van der Waals surface area contributed by atoms with E-state index < -0.39 is 10.0 Å². The third-order valence-electron chi connectivity index (χ3n) is 3.97. The van der Waals surface area contributed by atoms with Gasteiger partial charge in [0.15, 0.2) is 0 Å². The number of aryl methyl sites for hydroxylation is 1. The molecule has 0 radical (unpaired) electrons. The number of morpholine rings is 1. The van der Waals surface area contributed by atoms with Gasteiger partial charge in [-0.05, 0) is 6.42 Å². The second-order valence-corrected chi connectivity index (χ2v) is 7.53. The number of nitrogens with zero attached hydrogens (tertiary/aromatic N) is 5. The Balaban J connectivity index is 1.80. The Labute approximate surface area is 124 Å². The fraction of sp³-hybridized carbons (Fsp3) is 0.833. The molecule has 2 aliphatic heterocycles. The van der Waals surface area contributed by atoms with E-state index >= 15 is 0 Å². The van der Waals surface area contributed by atoms with E-state index in [1.807, 2.05) is 4.68 Å². The van der Waals surface area contributed by atoms with Gasteiger partial charge in [-0.2, -0.15) is 4.31 Å². The third kappa shape index (κ3) is 3.42. The summed E-state index contributed by atoms with van der Waals surface area (Å²) in [7, 11) is -3.19. The van der Waals surface area contributed by atoms with Crippen LogP contribution in [0.2, 0.25) is 0 Å². The van der Waals surface area contributed by atoms with E-state index in [2.05, 4.69) is 15.2 Å². The summed E-state index contributed by atoms with van der Waals surface area (Å²) in [5, 5.41) is 8.45. The molecule has 3 rings (SSSR count). The van der Waals surface area contributed by atoms with Gasteiger partial charge in [-0.1, -0.05) is 5.21 Å². The van der Waals surface area contributed by atoms with Gasteiger partial charge in [-0.25, -0.2) is 13.1 Å². The van der Waals surface area contributed by atoms with Gasteiger partial charge >= 0.3 is 0 Å². The van der Waals surface area contributed by atoms with Crippen LogP contribution in [-0.2, 0) is 34.4 Å². The summed E-state index contributed by atoms with van der Waals surface area (Å²) >= 11 is 0. The largest absolute Gasteiger partial charge is 0.379 e. The Morgan fingerprint density at radius 1 is 1.19 bits per heavy atom. The van der Waals surface area contributed by atoms with Crippen molar-refractivity contribution in [2.75, 3.05) is 39.1 Å². The maximum Gasteiger partial charge on any atom is 0.211 e. The van der Waals surface area contributed by atoms with Gasteiger partial charge in [0.2, 0.25) is 10.0 Å². The van der Waals surface area contributed by atoms with Crippen molar-refractivity contribution in [3.05, 3.63) is 11.4 Å². The molecular formula is C12H21N5O3S. The summed E-state index contributed by atoms with van der Waals surface area (Å²) < 4.78 is 32.3.